The number of hydrogen-bond acceptors (Lipinski definition) is 4. The average molecular weight is 332 g/mol. The summed E-state index contributed by atoms with van der Waals surface area (Å²) < 4.78 is 12.7. The van der Waals surface area contributed by atoms with E-state index in [9.17, 15) is 4.39 Å². The zero-order valence-corrected chi connectivity index (χ0v) is 15.7. The van der Waals surface area contributed by atoms with Gasteiger partial charge in [-0.15, -0.1) is 0 Å². The van der Waals surface area contributed by atoms with Crippen LogP contribution >= 0.6 is 0 Å². The first-order valence-electron chi connectivity index (χ1n) is 8.04. The highest BCUT2D eigenvalue weighted by atomic mass is 19.1. The van der Waals surface area contributed by atoms with Gasteiger partial charge in [-0.25, -0.2) is 9.37 Å². The summed E-state index contributed by atoms with van der Waals surface area (Å²) in [6.07, 6.45) is 1.62. The number of pyridine rings is 1. The highest BCUT2D eigenvalue weighted by Gasteiger charge is 1.98. The molecule has 2 rings (SSSR count). The minimum Gasteiger partial charge on any atom is -0.398 e. The molecule has 132 valence electrons. The lowest BCUT2D eigenvalue weighted by Crippen LogP contribution is -1.95. The zero-order chi connectivity index (χ0) is 19.1. The van der Waals surface area contributed by atoms with Crippen molar-refractivity contribution in [2.45, 2.75) is 41.5 Å². The largest absolute Gasteiger partial charge is 0.398 e. The van der Waals surface area contributed by atoms with Crippen LogP contribution in [0.25, 0.3) is 0 Å². The number of aryl methyl sites for hydroxylation is 2. The fourth-order valence-corrected chi connectivity index (χ4v) is 1.48. The second-order valence-corrected chi connectivity index (χ2v) is 4.30. The van der Waals surface area contributed by atoms with E-state index in [1.165, 1.54) is 6.07 Å². The summed E-state index contributed by atoms with van der Waals surface area (Å²) in [5.41, 5.74) is 8.47. The molecule has 5 heteroatoms. The second-order valence-electron chi connectivity index (χ2n) is 4.30. The molecule has 1 aromatic heterocycles. The maximum Gasteiger partial charge on any atom is 0.165 e. The quantitative estimate of drug-likeness (QED) is 0.715. The Bertz CT molecular complexity index is 628. The van der Waals surface area contributed by atoms with Crippen LogP contribution in [0.3, 0.4) is 0 Å². The lowest BCUT2D eigenvalue weighted by atomic mass is 10.1. The minimum absolute atomic E-state index is 0.297. The van der Waals surface area contributed by atoms with Crippen molar-refractivity contribution in [3.8, 4) is 6.07 Å². The van der Waals surface area contributed by atoms with Crippen LogP contribution in [0.4, 0.5) is 15.9 Å². The lowest BCUT2D eigenvalue weighted by molar-refractivity contribution is 0.624. The van der Waals surface area contributed by atoms with Crippen molar-refractivity contribution < 1.29 is 4.39 Å². The number of benzene rings is 1. The number of nitriles is 1. The molecule has 0 unspecified atom stereocenters. The molecule has 1 heterocycles. The third-order valence-electron chi connectivity index (χ3n) is 2.54. The standard InChI is InChI=1S/C8H8N2.C7H9FN2.2C2H6/c1-6-2-3-8(10)7(4-6)5-9;1-5-3-6(8)7(9-2)10-4-5;2*1-2/h2-4H,10H2,1H3;3-4H,1-2H3,(H,9,10);2*1-2H3. The van der Waals surface area contributed by atoms with Gasteiger partial charge in [0.25, 0.3) is 0 Å². The Morgan fingerprint density at radius 1 is 1.08 bits per heavy atom. The Hall–Kier alpha value is -2.61. The average Bonchev–Trinajstić information content (AvgIpc) is 2.61. The number of nitrogens with one attached hydrogen (secondary N) is 1. The van der Waals surface area contributed by atoms with Gasteiger partial charge in [-0.05, 0) is 43.2 Å². The molecule has 0 saturated heterocycles. The van der Waals surface area contributed by atoms with Crippen LogP contribution in [-0.2, 0) is 0 Å². The van der Waals surface area contributed by atoms with Crippen molar-refractivity contribution in [1.82, 2.24) is 4.98 Å². The van der Waals surface area contributed by atoms with Gasteiger partial charge in [0.1, 0.15) is 6.07 Å². The summed E-state index contributed by atoms with van der Waals surface area (Å²) in [6.45, 7) is 11.7. The van der Waals surface area contributed by atoms with E-state index in [0.717, 1.165) is 11.1 Å². The smallest absolute Gasteiger partial charge is 0.165 e. The lowest BCUT2D eigenvalue weighted by Gasteiger charge is -1.99. The van der Waals surface area contributed by atoms with Crippen LogP contribution in [0.5, 0.6) is 0 Å². The highest BCUT2D eigenvalue weighted by molar-refractivity contribution is 5.54. The number of nitrogen functional groups attached to an aromatic ring is 1. The van der Waals surface area contributed by atoms with Crippen molar-refractivity contribution in [2.24, 2.45) is 0 Å². The van der Waals surface area contributed by atoms with E-state index in [4.69, 9.17) is 11.0 Å². The van der Waals surface area contributed by atoms with Crippen LogP contribution in [-0.4, -0.2) is 12.0 Å². The molecule has 0 spiro atoms. The van der Waals surface area contributed by atoms with Crippen molar-refractivity contribution in [3.63, 3.8) is 0 Å². The zero-order valence-electron chi connectivity index (χ0n) is 15.7. The number of hydrogen-bond donors (Lipinski definition) is 2. The third kappa shape index (κ3) is 8.74. The molecule has 0 bridgehead atoms. The molecule has 0 atom stereocenters. The molecule has 0 radical (unpaired) electrons. The number of halogens is 1. The van der Waals surface area contributed by atoms with Gasteiger partial charge in [0.15, 0.2) is 11.6 Å². The van der Waals surface area contributed by atoms with Gasteiger partial charge in [0, 0.05) is 18.9 Å². The van der Waals surface area contributed by atoms with Crippen LogP contribution in [0.2, 0.25) is 0 Å². The normalized spacial score (nSPS) is 8.12. The fraction of sp³-hybridized carbons (Fsp3) is 0.368. The molecule has 0 aliphatic rings. The maximum absolute atomic E-state index is 12.7. The maximum atomic E-state index is 12.7. The molecule has 0 aliphatic carbocycles. The van der Waals surface area contributed by atoms with E-state index in [1.807, 2.05) is 46.8 Å². The van der Waals surface area contributed by atoms with Crippen molar-refractivity contribution in [2.75, 3.05) is 18.1 Å². The Labute approximate surface area is 145 Å². The Morgan fingerprint density at radius 2 is 1.67 bits per heavy atom. The topological polar surface area (TPSA) is 74.7 Å². The first-order valence-corrected chi connectivity index (χ1v) is 8.04. The molecule has 0 aliphatic heterocycles. The van der Waals surface area contributed by atoms with Gasteiger partial charge in [-0.2, -0.15) is 5.26 Å². The predicted octanol–water partition coefficient (Wildman–Crippen LogP) is 5.07. The molecule has 3 N–H and O–H groups in total. The fourth-order valence-electron chi connectivity index (χ4n) is 1.48. The third-order valence-corrected chi connectivity index (χ3v) is 2.54. The molecule has 0 fully saturated rings. The Kier molecular flexibility index (Phi) is 13.8. The summed E-state index contributed by atoms with van der Waals surface area (Å²) in [4.78, 5) is 3.81. The number of aromatic nitrogens is 1. The van der Waals surface area contributed by atoms with Gasteiger partial charge in [-0.3, -0.25) is 0 Å². The molecule has 1 aromatic carbocycles. The Balaban J connectivity index is 0. The summed E-state index contributed by atoms with van der Waals surface area (Å²) in [6, 6.07) is 8.86. The van der Waals surface area contributed by atoms with Crippen LogP contribution in [0, 0.1) is 31.0 Å². The number of rotatable bonds is 1. The van der Waals surface area contributed by atoms with Gasteiger partial charge >= 0.3 is 0 Å². The highest BCUT2D eigenvalue weighted by Crippen LogP contribution is 2.11. The second kappa shape index (κ2) is 14.0. The van der Waals surface area contributed by atoms with Crippen molar-refractivity contribution in [3.05, 3.63) is 53.0 Å². The number of nitrogens with zero attached hydrogens (tertiary/aromatic N) is 2. The monoisotopic (exact) mass is 332 g/mol. The van der Waals surface area contributed by atoms with Crippen LogP contribution in [0.15, 0.2) is 30.5 Å². The van der Waals surface area contributed by atoms with Gasteiger partial charge in [0.05, 0.1) is 5.56 Å². The molecular formula is C19H29FN4. The summed E-state index contributed by atoms with van der Waals surface area (Å²) in [5, 5.41) is 11.1. The van der Waals surface area contributed by atoms with E-state index in [0.29, 0.717) is 17.1 Å². The number of anilines is 2. The number of nitrogens with two attached hydrogens (primary N) is 1. The first kappa shape index (κ1) is 23.7. The molecular weight excluding hydrogens is 303 g/mol. The molecule has 2 aromatic rings. The van der Waals surface area contributed by atoms with E-state index in [-0.39, 0.29) is 5.82 Å². The SMILES string of the molecule is CC.CC.CNc1ncc(C)cc1F.Cc1ccc(N)c(C#N)c1. The van der Waals surface area contributed by atoms with Gasteiger partial charge in [-0.1, -0.05) is 33.8 Å². The summed E-state index contributed by atoms with van der Waals surface area (Å²) >= 11 is 0. The molecule has 0 amide bonds. The molecule has 0 saturated carbocycles. The van der Waals surface area contributed by atoms with Gasteiger partial charge < -0.3 is 11.1 Å². The summed E-state index contributed by atoms with van der Waals surface area (Å²) in [7, 11) is 1.64. The van der Waals surface area contributed by atoms with Crippen LogP contribution in [0.1, 0.15) is 44.4 Å². The van der Waals surface area contributed by atoms with E-state index < -0.39 is 0 Å². The molecule has 4 nitrogen and oxygen atoms in total. The van der Waals surface area contributed by atoms with E-state index >= 15 is 0 Å². The Morgan fingerprint density at radius 3 is 2.08 bits per heavy atom. The van der Waals surface area contributed by atoms with Crippen molar-refractivity contribution >= 4 is 11.5 Å². The first-order chi connectivity index (χ1) is 11.5. The van der Waals surface area contributed by atoms with E-state index in [1.54, 1.807) is 32.3 Å². The van der Waals surface area contributed by atoms with Gasteiger partial charge in [0.2, 0.25) is 0 Å². The minimum atomic E-state index is -0.303. The molecule has 24 heavy (non-hydrogen) atoms. The van der Waals surface area contributed by atoms with Crippen LogP contribution < -0.4 is 11.1 Å². The van der Waals surface area contributed by atoms with Crippen molar-refractivity contribution in [1.29, 1.82) is 5.26 Å². The van der Waals surface area contributed by atoms with E-state index in [2.05, 4.69) is 10.3 Å². The predicted molar refractivity (Wildman–Crippen MR) is 101 cm³/mol. The summed E-state index contributed by atoms with van der Waals surface area (Å²) in [5.74, 6) is -0.00639.